The lowest BCUT2D eigenvalue weighted by Crippen LogP contribution is -2.42. The SMILES string of the molecule is N#Cc1ccc(N2CCC(C(=O)N3CCC[C@@H]3c3ccccc3Cl)CC2)cc1. The lowest BCUT2D eigenvalue weighted by atomic mass is 9.94. The van der Waals surface area contributed by atoms with Crippen LogP contribution in [0.4, 0.5) is 5.69 Å². The predicted molar refractivity (Wildman–Crippen MR) is 111 cm³/mol. The third-order valence-electron chi connectivity index (χ3n) is 6.01. The largest absolute Gasteiger partial charge is 0.371 e. The molecule has 2 aromatic rings. The van der Waals surface area contributed by atoms with Crippen LogP contribution in [0.1, 0.15) is 42.9 Å². The van der Waals surface area contributed by atoms with Gasteiger partial charge in [0.15, 0.2) is 0 Å². The molecule has 0 radical (unpaired) electrons. The molecule has 1 amide bonds. The Morgan fingerprint density at radius 1 is 1.00 bits per heavy atom. The van der Waals surface area contributed by atoms with Gasteiger partial charge in [-0.3, -0.25) is 4.79 Å². The Labute approximate surface area is 171 Å². The number of halogens is 1. The van der Waals surface area contributed by atoms with Crippen molar-refractivity contribution >= 4 is 23.2 Å². The number of carbonyl (C=O) groups excluding carboxylic acids is 1. The first-order valence-corrected chi connectivity index (χ1v) is 10.3. The van der Waals surface area contributed by atoms with Crippen molar-refractivity contribution in [3.05, 3.63) is 64.7 Å². The molecule has 5 heteroatoms. The van der Waals surface area contributed by atoms with Crippen molar-refractivity contribution in [1.29, 1.82) is 5.26 Å². The molecule has 0 bridgehead atoms. The Balaban J connectivity index is 1.41. The smallest absolute Gasteiger partial charge is 0.226 e. The average Bonchev–Trinajstić information content (AvgIpc) is 3.23. The maximum atomic E-state index is 13.3. The number of hydrogen-bond acceptors (Lipinski definition) is 3. The molecule has 4 rings (SSSR count). The van der Waals surface area contributed by atoms with Gasteiger partial charge in [-0.25, -0.2) is 0 Å². The molecule has 28 heavy (non-hydrogen) atoms. The van der Waals surface area contributed by atoms with Crippen LogP contribution in [0.3, 0.4) is 0 Å². The molecule has 0 spiro atoms. The molecular formula is C23H24ClN3O. The third-order valence-corrected chi connectivity index (χ3v) is 6.35. The number of benzene rings is 2. The van der Waals surface area contributed by atoms with Crippen LogP contribution in [0.2, 0.25) is 5.02 Å². The zero-order valence-electron chi connectivity index (χ0n) is 15.9. The summed E-state index contributed by atoms with van der Waals surface area (Å²) in [5.74, 6) is 0.361. The molecule has 1 atom stereocenters. The van der Waals surface area contributed by atoms with Crippen molar-refractivity contribution in [1.82, 2.24) is 4.90 Å². The lowest BCUT2D eigenvalue weighted by molar-refractivity contribution is -0.137. The van der Waals surface area contributed by atoms with Gasteiger partial charge in [0.25, 0.3) is 0 Å². The summed E-state index contributed by atoms with van der Waals surface area (Å²) in [6, 6.07) is 17.8. The first-order chi connectivity index (χ1) is 13.7. The van der Waals surface area contributed by atoms with Gasteiger partial charge in [-0.1, -0.05) is 29.8 Å². The maximum Gasteiger partial charge on any atom is 0.226 e. The van der Waals surface area contributed by atoms with Gasteiger partial charge >= 0.3 is 0 Å². The second kappa shape index (κ2) is 8.24. The summed E-state index contributed by atoms with van der Waals surface area (Å²) >= 11 is 6.40. The Morgan fingerprint density at radius 2 is 1.71 bits per heavy atom. The van der Waals surface area contributed by atoms with Gasteiger partial charge in [-0.05, 0) is 61.6 Å². The van der Waals surface area contributed by atoms with Gasteiger partial charge in [0.2, 0.25) is 5.91 Å². The summed E-state index contributed by atoms with van der Waals surface area (Å²) < 4.78 is 0. The van der Waals surface area contributed by atoms with Gasteiger partial charge < -0.3 is 9.80 Å². The summed E-state index contributed by atoms with van der Waals surface area (Å²) in [6.07, 6.45) is 3.75. The fourth-order valence-electron chi connectivity index (χ4n) is 4.47. The first-order valence-electron chi connectivity index (χ1n) is 9.97. The number of piperidine rings is 1. The quantitative estimate of drug-likeness (QED) is 0.753. The van der Waals surface area contributed by atoms with E-state index in [0.29, 0.717) is 5.56 Å². The Morgan fingerprint density at radius 3 is 2.39 bits per heavy atom. The van der Waals surface area contributed by atoms with Crippen LogP contribution in [-0.2, 0) is 4.79 Å². The highest BCUT2D eigenvalue weighted by Crippen LogP contribution is 2.37. The normalized spacial score (nSPS) is 20.2. The van der Waals surface area contributed by atoms with Crippen LogP contribution >= 0.6 is 11.6 Å². The molecule has 0 saturated carbocycles. The highest BCUT2D eigenvalue weighted by molar-refractivity contribution is 6.31. The Kier molecular flexibility index (Phi) is 5.54. The first kappa shape index (κ1) is 18.8. The number of carbonyl (C=O) groups is 1. The minimum Gasteiger partial charge on any atom is -0.371 e. The Hall–Kier alpha value is -2.51. The predicted octanol–water partition coefficient (Wildman–Crippen LogP) is 4.79. The fourth-order valence-corrected chi connectivity index (χ4v) is 4.73. The molecule has 144 valence electrons. The zero-order valence-corrected chi connectivity index (χ0v) is 16.6. The number of likely N-dealkylation sites (tertiary alicyclic amines) is 1. The molecule has 4 nitrogen and oxygen atoms in total. The van der Waals surface area contributed by atoms with Crippen molar-refractivity contribution in [3.8, 4) is 6.07 Å². The number of hydrogen-bond donors (Lipinski definition) is 0. The van der Waals surface area contributed by atoms with Gasteiger partial charge in [-0.2, -0.15) is 5.26 Å². The lowest BCUT2D eigenvalue weighted by Gasteiger charge is -2.36. The minimum atomic E-state index is 0.0812. The maximum absolute atomic E-state index is 13.3. The van der Waals surface area contributed by atoms with E-state index >= 15 is 0 Å². The van der Waals surface area contributed by atoms with Crippen molar-refractivity contribution in [2.45, 2.75) is 31.7 Å². The van der Waals surface area contributed by atoms with Gasteiger partial charge in [-0.15, -0.1) is 0 Å². The summed E-state index contributed by atoms with van der Waals surface area (Å²) in [5, 5.41) is 9.70. The van der Waals surface area contributed by atoms with E-state index < -0.39 is 0 Å². The summed E-state index contributed by atoms with van der Waals surface area (Å²) in [4.78, 5) is 17.6. The van der Waals surface area contributed by atoms with Crippen LogP contribution in [0.5, 0.6) is 0 Å². The van der Waals surface area contributed by atoms with Crippen LogP contribution < -0.4 is 4.90 Å². The van der Waals surface area contributed by atoms with Crippen LogP contribution in [0.15, 0.2) is 48.5 Å². The van der Waals surface area contributed by atoms with Crippen molar-refractivity contribution in [2.24, 2.45) is 5.92 Å². The number of amides is 1. The Bertz CT molecular complexity index is 881. The van der Waals surface area contributed by atoms with E-state index in [1.165, 1.54) is 0 Å². The summed E-state index contributed by atoms with van der Waals surface area (Å²) in [7, 11) is 0. The molecule has 2 fully saturated rings. The van der Waals surface area contributed by atoms with Crippen LogP contribution in [0, 0.1) is 17.2 Å². The van der Waals surface area contributed by atoms with E-state index in [0.717, 1.165) is 61.6 Å². The van der Waals surface area contributed by atoms with Crippen molar-refractivity contribution < 1.29 is 4.79 Å². The molecule has 2 aromatic carbocycles. The number of anilines is 1. The second-order valence-electron chi connectivity index (χ2n) is 7.63. The van der Waals surface area contributed by atoms with E-state index in [4.69, 9.17) is 16.9 Å². The topological polar surface area (TPSA) is 47.3 Å². The molecule has 2 saturated heterocycles. The van der Waals surface area contributed by atoms with E-state index in [1.807, 2.05) is 48.5 Å². The highest BCUT2D eigenvalue weighted by Gasteiger charge is 2.36. The van der Waals surface area contributed by atoms with Crippen LogP contribution in [0.25, 0.3) is 0 Å². The van der Waals surface area contributed by atoms with E-state index in [2.05, 4.69) is 15.9 Å². The molecule has 0 aliphatic carbocycles. The minimum absolute atomic E-state index is 0.0812. The fraction of sp³-hybridized carbons (Fsp3) is 0.391. The molecule has 0 aromatic heterocycles. The molecule has 2 heterocycles. The number of rotatable bonds is 3. The van der Waals surface area contributed by atoms with Gasteiger partial charge in [0.05, 0.1) is 17.7 Å². The van der Waals surface area contributed by atoms with Crippen molar-refractivity contribution in [2.75, 3.05) is 24.5 Å². The summed E-state index contributed by atoms with van der Waals surface area (Å²) in [6.45, 7) is 2.56. The van der Waals surface area contributed by atoms with E-state index in [9.17, 15) is 4.79 Å². The highest BCUT2D eigenvalue weighted by atomic mass is 35.5. The van der Waals surface area contributed by atoms with E-state index in [-0.39, 0.29) is 17.9 Å². The summed E-state index contributed by atoms with van der Waals surface area (Å²) in [5.41, 5.74) is 2.87. The zero-order chi connectivity index (χ0) is 19.5. The molecule has 2 aliphatic rings. The average molecular weight is 394 g/mol. The van der Waals surface area contributed by atoms with E-state index in [1.54, 1.807) is 0 Å². The van der Waals surface area contributed by atoms with Gasteiger partial charge in [0, 0.05) is 36.3 Å². The standard InChI is InChI=1S/C23H24ClN3O/c24-21-5-2-1-4-20(21)22-6-3-13-27(22)23(28)18-11-14-26(15-12-18)19-9-7-17(16-25)8-10-19/h1-2,4-5,7-10,18,22H,3,6,11-15H2/t22-/m1/s1. The van der Waals surface area contributed by atoms with Gasteiger partial charge in [0.1, 0.15) is 0 Å². The number of nitriles is 1. The van der Waals surface area contributed by atoms with Crippen molar-refractivity contribution in [3.63, 3.8) is 0 Å². The second-order valence-corrected chi connectivity index (χ2v) is 8.04. The number of nitrogens with zero attached hydrogens (tertiary/aromatic N) is 3. The third kappa shape index (κ3) is 3.72. The molecule has 0 N–H and O–H groups in total. The monoisotopic (exact) mass is 393 g/mol. The molecule has 2 aliphatic heterocycles. The molecular weight excluding hydrogens is 370 g/mol. The van der Waals surface area contributed by atoms with Crippen LogP contribution in [-0.4, -0.2) is 30.4 Å². The molecule has 0 unspecified atom stereocenters.